The first-order valence-corrected chi connectivity index (χ1v) is 7.69. The summed E-state index contributed by atoms with van der Waals surface area (Å²) in [5, 5.41) is 4.81. The quantitative estimate of drug-likeness (QED) is 0.825. The summed E-state index contributed by atoms with van der Waals surface area (Å²) in [7, 11) is 0. The van der Waals surface area contributed by atoms with Crippen LogP contribution in [0.2, 0.25) is 0 Å². The molecule has 0 aromatic carbocycles. The fourth-order valence-electron chi connectivity index (χ4n) is 3.64. The Hall–Kier alpha value is -1.10. The van der Waals surface area contributed by atoms with Crippen molar-refractivity contribution < 1.29 is 0 Å². The lowest BCUT2D eigenvalue weighted by atomic mass is 10.0. The number of allylic oxidation sites excluding steroid dienone is 3. The Morgan fingerprint density at radius 3 is 2.35 bits per heavy atom. The molecule has 4 unspecified atom stereocenters. The van der Waals surface area contributed by atoms with Crippen LogP contribution in [-0.2, 0) is 0 Å². The smallest absolute Gasteiger partial charge is 0.104 e. The van der Waals surface area contributed by atoms with Crippen LogP contribution in [0.3, 0.4) is 0 Å². The van der Waals surface area contributed by atoms with Gasteiger partial charge in [-0.05, 0) is 40.2 Å². The van der Waals surface area contributed by atoms with Crippen molar-refractivity contribution in [2.45, 2.75) is 58.4 Å². The van der Waals surface area contributed by atoms with Crippen LogP contribution < -0.4 is 10.9 Å². The number of nitrogens with one attached hydrogen (secondary N) is 2. The van der Waals surface area contributed by atoms with Gasteiger partial charge in [-0.25, -0.2) is 5.01 Å². The van der Waals surface area contributed by atoms with Gasteiger partial charge < -0.3 is 5.43 Å². The second kappa shape index (κ2) is 5.35. The molecule has 4 atom stereocenters. The van der Waals surface area contributed by atoms with E-state index in [-0.39, 0.29) is 0 Å². The highest BCUT2D eigenvalue weighted by Gasteiger charge is 2.41. The molecule has 3 aliphatic rings. The summed E-state index contributed by atoms with van der Waals surface area (Å²) >= 11 is 0. The topological polar surface area (TPSA) is 30.5 Å². The van der Waals surface area contributed by atoms with Crippen molar-refractivity contribution in [2.24, 2.45) is 5.92 Å². The van der Waals surface area contributed by atoms with Crippen molar-refractivity contribution >= 4 is 0 Å². The summed E-state index contributed by atoms with van der Waals surface area (Å²) in [6, 6.07) is 1.51. The Balaban J connectivity index is 1.85. The highest BCUT2D eigenvalue weighted by Crippen LogP contribution is 2.29. The molecule has 0 amide bonds. The molecular weight excluding hydrogens is 248 g/mol. The van der Waals surface area contributed by atoms with Crippen molar-refractivity contribution in [1.29, 1.82) is 0 Å². The van der Waals surface area contributed by atoms with E-state index in [1.165, 1.54) is 12.1 Å². The molecule has 0 aromatic heterocycles. The molecule has 0 radical (unpaired) electrons. The standard InChI is InChI=1S/C16H26N4/c1-11-9-13(3)19(17-11)16(15-7-5-6-8-15)20-14(4)10-12(2)18-20/h5-9,12-18H,10H2,1-4H3. The lowest BCUT2D eigenvalue weighted by Crippen LogP contribution is -2.60. The molecule has 2 aliphatic heterocycles. The average molecular weight is 274 g/mol. The lowest BCUT2D eigenvalue weighted by Gasteiger charge is -2.42. The Morgan fingerprint density at radius 2 is 1.85 bits per heavy atom. The molecule has 0 spiro atoms. The minimum absolute atomic E-state index is 0.300. The van der Waals surface area contributed by atoms with Gasteiger partial charge in [-0.1, -0.05) is 24.3 Å². The van der Waals surface area contributed by atoms with Gasteiger partial charge in [0.25, 0.3) is 0 Å². The second-order valence-electron chi connectivity index (χ2n) is 6.39. The molecule has 4 heteroatoms. The van der Waals surface area contributed by atoms with Crippen LogP contribution in [0.15, 0.2) is 36.1 Å². The molecule has 2 N–H and O–H groups in total. The third-order valence-corrected chi connectivity index (χ3v) is 4.47. The van der Waals surface area contributed by atoms with E-state index in [2.05, 4.69) is 78.9 Å². The van der Waals surface area contributed by atoms with E-state index in [1.54, 1.807) is 0 Å². The highest BCUT2D eigenvalue weighted by molar-refractivity contribution is 5.21. The number of rotatable bonds is 3. The van der Waals surface area contributed by atoms with Gasteiger partial charge in [0.2, 0.25) is 0 Å². The van der Waals surface area contributed by atoms with Crippen LogP contribution in [0.4, 0.5) is 0 Å². The summed E-state index contributed by atoms with van der Waals surface area (Å²) in [5.74, 6) is 0.421. The van der Waals surface area contributed by atoms with E-state index >= 15 is 0 Å². The minimum atomic E-state index is 0.300. The maximum atomic E-state index is 3.65. The third kappa shape index (κ3) is 2.43. The van der Waals surface area contributed by atoms with Gasteiger partial charge in [0, 0.05) is 29.7 Å². The first-order chi connectivity index (χ1) is 9.56. The fourth-order valence-corrected chi connectivity index (χ4v) is 3.64. The van der Waals surface area contributed by atoms with Gasteiger partial charge in [-0.3, -0.25) is 5.43 Å². The first kappa shape index (κ1) is 13.9. The molecule has 0 aromatic rings. The van der Waals surface area contributed by atoms with Gasteiger partial charge >= 0.3 is 0 Å². The van der Waals surface area contributed by atoms with Crippen molar-refractivity contribution in [3.8, 4) is 0 Å². The van der Waals surface area contributed by atoms with Crippen molar-refractivity contribution in [1.82, 2.24) is 20.9 Å². The van der Waals surface area contributed by atoms with Crippen LogP contribution in [-0.4, -0.2) is 34.3 Å². The highest BCUT2D eigenvalue weighted by atomic mass is 15.7. The molecule has 1 fully saturated rings. The average Bonchev–Trinajstić information content (AvgIpc) is 3.05. The predicted octanol–water partition coefficient (Wildman–Crippen LogP) is 2.15. The lowest BCUT2D eigenvalue weighted by molar-refractivity contribution is -0.0399. The Kier molecular flexibility index (Phi) is 3.71. The summed E-state index contributed by atoms with van der Waals surface area (Å²) in [6.07, 6.45) is 12.7. The molecule has 1 aliphatic carbocycles. The zero-order valence-electron chi connectivity index (χ0n) is 12.9. The summed E-state index contributed by atoms with van der Waals surface area (Å²) in [4.78, 5) is 0. The van der Waals surface area contributed by atoms with E-state index < -0.39 is 0 Å². The Morgan fingerprint density at radius 1 is 1.15 bits per heavy atom. The van der Waals surface area contributed by atoms with E-state index in [0.717, 1.165) is 0 Å². The zero-order valence-corrected chi connectivity index (χ0v) is 12.9. The van der Waals surface area contributed by atoms with Crippen LogP contribution in [0.1, 0.15) is 34.1 Å². The molecule has 2 heterocycles. The largest absolute Gasteiger partial charge is 0.321 e. The van der Waals surface area contributed by atoms with E-state index in [4.69, 9.17) is 0 Å². The molecular formula is C16H26N4. The summed E-state index contributed by atoms with van der Waals surface area (Å²) in [5.41, 5.74) is 8.44. The van der Waals surface area contributed by atoms with Gasteiger partial charge in [0.1, 0.15) is 6.17 Å². The first-order valence-electron chi connectivity index (χ1n) is 7.69. The van der Waals surface area contributed by atoms with Gasteiger partial charge in [0.15, 0.2) is 0 Å². The predicted molar refractivity (Wildman–Crippen MR) is 82.3 cm³/mol. The fraction of sp³-hybridized carbons (Fsp3) is 0.625. The molecule has 4 nitrogen and oxygen atoms in total. The maximum Gasteiger partial charge on any atom is 0.104 e. The molecule has 20 heavy (non-hydrogen) atoms. The number of hydrazine groups is 2. The molecule has 0 bridgehead atoms. The maximum absolute atomic E-state index is 3.65. The van der Waals surface area contributed by atoms with Crippen molar-refractivity contribution in [3.63, 3.8) is 0 Å². The SMILES string of the molecule is CC1=CC(C)N(C(C2C=CC=C2)N2NC(C)CC2C)N1. The Labute approximate surface area is 122 Å². The van der Waals surface area contributed by atoms with E-state index in [9.17, 15) is 0 Å². The number of hydrogen-bond acceptors (Lipinski definition) is 4. The minimum Gasteiger partial charge on any atom is -0.321 e. The van der Waals surface area contributed by atoms with Crippen LogP contribution in [0.25, 0.3) is 0 Å². The van der Waals surface area contributed by atoms with Crippen LogP contribution in [0, 0.1) is 5.92 Å². The molecule has 110 valence electrons. The zero-order chi connectivity index (χ0) is 14.3. The van der Waals surface area contributed by atoms with Gasteiger partial charge in [0.05, 0.1) is 0 Å². The molecule has 1 saturated heterocycles. The monoisotopic (exact) mass is 274 g/mol. The van der Waals surface area contributed by atoms with Crippen LogP contribution >= 0.6 is 0 Å². The van der Waals surface area contributed by atoms with Gasteiger partial charge in [-0.15, -0.1) is 0 Å². The number of hydrogen-bond donors (Lipinski definition) is 2. The van der Waals surface area contributed by atoms with E-state index in [0.29, 0.717) is 30.2 Å². The summed E-state index contributed by atoms with van der Waals surface area (Å²) in [6.45, 7) is 8.96. The van der Waals surface area contributed by atoms with Crippen molar-refractivity contribution in [2.75, 3.05) is 0 Å². The molecule has 3 rings (SSSR count). The third-order valence-electron chi connectivity index (χ3n) is 4.47. The van der Waals surface area contributed by atoms with E-state index in [1.807, 2.05) is 0 Å². The normalized spacial score (nSPS) is 36.6. The molecule has 0 saturated carbocycles. The number of nitrogens with zero attached hydrogens (tertiary/aromatic N) is 2. The van der Waals surface area contributed by atoms with Crippen molar-refractivity contribution in [3.05, 3.63) is 36.1 Å². The second-order valence-corrected chi connectivity index (χ2v) is 6.39. The van der Waals surface area contributed by atoms with Gasteiger partial charge in [-0.2, -0.15) is 5.01 Å². The van der Waals surface area contributed by atoms with Crippen LogP contribution in [0.5, 0.6) is 0 Å². The summed E-state index contributed by atoms with van der Waals surface area (Å²) < 4.78 is 0. The Bertz CT molecular complexity index is 439.